The molecule has 0 spiro atoms. The van der Waals surface area contributed by atoms with Crippen molar-refractivity contribution < 1.29 is 9.18 Å². The molecule has 1 aromatic carbocycles. The van der Waals surface area contributed by atoms with Gasteiger partial charge in [-0.2, -0.15) is 0 Å². The summed E-state index contributed by atoms with van der Waals surface area (Å²) < 4.78 is 13.0. The van der Waals surface area contributed by atoms with E-state index in [1.807, 2.05) is 11.8 Å². The van der Waals surface area contributed by atoms with Gasteiger partial charge in [0.1, 0.15) is 5.82 Å². The molecule has 1 unspecified atom stereocenters. The summed E-state index contributed by atoms with van der Waals surface area (Å²) in [6.45, 7) is 6.26. The maximum atomic E-state index is 13.0. The predicted molar refractivity (Wildman–Crippen MR) is 86.9 cm³/mol. The molecule has 0 heterocycles. The smallest absolute Gasteiger partial charge is 0.239 e. The van der Waals surface area contributed by atoms with Gasteiger partial charge in [0.15, 0.2) is 0 Å². The minimum Gasteiger partial charge on any atom is -0.337 e. The van der Waals surface area contributed by atoms with E-state index in [1.165, 1.54) is 25.0 Å². The monoisotopic (exact) mass is 306 g/mol. The van der Waals surface area contributed by atoms with Gasteiger partial charge in [-0.1, -0.05) is 25.5 Å². The number of hydrogen-bond acceptors (Lipinski definition) is 2. The predicted octanol–water partition coefficient (Wildman–Crippen LogP) is 3.34. The Kier molecular flexibility index (Phi) is 6.37. The first-order valence-electron chi connectivity index (χ1n) is 8.40. The highest BCUT2D eigenvalue weighted by atomic mass is 19.1. The first-order valence-corrected chi connectivity index (χ1v) is 8.40. The Morgan fingerprint density at radius 1 is 1.32 bits per heavy atom. The van der Waals surface area contributed by atoms with Crippen molar-refractivity contribution in [3.63, 3.8) is 0 Å². The van der Waals surface area contributed by atoms with E-state index in [0.717, 1.165) is 30.9 Å². The average molecular weight is 306 g/mol. The summed E-state index contributed by atoms with van der Waals surface area (Å²) in [5.74, 6) is 0.682. The molecule has 1 atom stereocenters. The Hall–Kier alpha value is -1.42. The molecule has 0 bridgehead atoms. The van der Waals surface area contributed by atoms with Gasteiger partial charge in [-0.25, -0.2) is 4.39 Å². The van der Waals surface area contributed by atoms with E-state index >= 15 is 0 Å². The Labute approximate surface area is 132 Å². The van der Waals surface area contributed by atoms with Crippen LogP contribution in [0.15, 0.2) is 24.3 Å². The van der Waals surface area contributed by atoms with Crippen molar-refractivity contribution in [2.24, 2.45) is 5.92 Å². The largest absolute Gasteiger partial charge is 0.337 e. The van der Waals surface area contributed by atoms with E-state index in [2.05, 4.69) is 12.2 Å². The van der Waals surface area contributed by atoms with Crippen molar-refractivity contribution in [1.29, 1.82) is 0 Å². The van der Waals surface area contributed by atoms with Crippen molar-refractivity contribution in [3.05, 3.63) is 35.6 Å². The maximum absolute atomic E-state index is 13.0. The minimum atomic E-state index is -0.243. The third-order valence-electron chi connectivity index (χ3n) is 4.21. The van der Waals surface area contributed by atoms with Crippen molar-refractivity contribution in [2.45, 2.75) is 52.1 Å². The van der Waals surface area contributed by atoms with Gasteiger partial charge >= 0.3 is 0 Å². The molecule has 1 aliphatic carbocycles. The summed E-state index contributed by atoms with van der Waals surface area (Å²) in [6, 6.07) is 6.30. The van der Waals surface area contributed by atoms with Crippen LogP contribution in [0.2, 0.25) is 0 Å². The van der Waals surface area contributed by atoms with Crippen LogP contribution in [0.5, 0.6) is 0 Å². The third kappa shape index (κ3) is 5.09. The standard InChI is InChI=1S/C18H27FN2O/c1-3-5-17(20-12-14-6-7-14)18(22)21(4-2)13-15-8-10-16(19)11-9-15/h8-11,14,17,20H,3-7,12-13H2,1-2H3. The van der Waals surface area contributed by atoms with Crippen LogP contribution in [0.4, 0.5) is 4.39 Å². The van der Waals surface area contributed by atoms with Gasteiger partial charge in [0.25, 0.3) is 0 Å². The Bertz CT molecular complexity index is 470. The molecule has 1 N–H and O–H groups in total. The summed E-state index contributed by atoms with van der Waals surface area (Å²) in [6.07, 6.45) is 4.42. The summed E-state index contributed by atoms with van der Waals surface area (Å²) in [7, 11) is 0. The van der Waals surface area contributed by atoms with Gasteiger partial charge in [-0.3, -0.25) is 4.79 Å². The van der Waals surface area contributed by atoms with Gasteiger partial charge in [0.2, 0.25) is 5.91 Å². The Balaban J connectivity index is 1.95. The zero-order chi connectivity index (χ0) is 15.9. The molecule has 4 heteroatoms. The zero-order valence-electron chi connectivity index (χ0n) is 13.6. The van der Waals surface area contributed by atoms with Crippen LogP contribution < -0.4 is 5.32 Å². The number of halogens is 1. The summed E-state index contributed by atoms with van der Waals surface area (Å²) >= 11 is 0. The lowest BCUT2D eigenvalue weighted by Crippen LogP contribution is -2.46. The number of rotatable bonds is 9. The van der Waals surface area contributed by atoms with E-state index in [-0.39, 0.29) is 17.8 Å². The number of benzene rings is 1. The molecule has 122 valence electrons. The van der Waals surface area contributed by atoms with Crippen molar-refractivity contribution in [1.82, 2.24) is 10.2 Å². The van der Waals surface area contributed by atoms with Gasteiger partial charge < -0.3 is 10.2 Å². The number of nitrogens with zero attached hydrogens (tertiary/aromatic N) is 1. The second kappa shape index (κ2) is 8.28. The molecule has 1 fully saturated rings. The fraction of sp³-hybridized carbons (Fsp3) is 0.611. The molecule has 22 heavy (non-hydrogen) atoms. The topological polar surface area (TPSA) is 32.3 Å². The molecule has 0 saturated heterocycles. The highest BCUT2D eigenvalue weighted by Crippen LogP contribution is 2.28. The van der Waals surface area contributed by atoms with Crippen LogP contribution in [0.25, 0.3) is 0 Å². The lowest BCUT2D eigenvalue weighted by molar-refractivity contribution is -0.134. The summed E-state index contributed by atoms with van der Waals surface area (Å²) in [5.41, 5.74) is 0.967. The fourth-order valence-corrected chi connectivity index (χ4v) is 2.61. The average Bonchev–Trinajstić information content (AvgIpc) is 3.34. The van der Waals surface area contributed by atoms with Crippen LogP contribution in [0, 0.1) is 11.7 Å². The Morgan fingerprint density at radius 3 is 2.55 bits per heavy atom. The minimum absolute atomic E-state index is 0.0917. The molecule has 0 radical (unpaired) electrons. The highest BCUT2D eigenvalue weighted by Gasteiger charge is 2.26. The zero-order valence-corrected chi connectivity index (χ0v) is 13.6. The lowest BCUT2D eigenvalue weighted by atomic mass is 10.1. The van der Waals surface area contributed by atoms with Crippen LogP contribution in [-0.2, 0) is 11.3 Å². The SMILES string of the molecule is CCCC(NCC1CC1)C(=O)N(CC)Cc1ccc(F)cc1. The number of likely N-dealkylation sites (N-methyl/N-ethyl adjacent to an activating group) is 1. The van der Waals surface area contributed by atoms with Crippen LogP contribution in [-0.4, -0.2) is 29.9 Å². The summed E-state index contributed by atoms with van der Waals surface area (Å²) in [4.78, 5) is 14.6. The number of carbonyl (C=O) groups excluding carboxylic acids is 1. The van der Waals surface area contributed by atoms with Gasteiger partial charge in [0.05, 0.1) is 6.04 Å². The number of nitrogens with one attached hydrogen (secondary N) is 1. The van der Waals surface area contributed by atoms with Gasteiger partial charge in [-0.05, 0) is 56.3 Å². The van der Waals surface area contributed by atoms with E-state index in [9.17, 15) is 9.18 Å². The van der Waals surface area contributed by atoms with Crippen molar-refractivity contribution in [2.75, 3.05) is 13.1 Å². The van der Waals surface area contributed by atoms with E-state index in [0.29, 0.717) is 13.1 Å². The highest BCUT2D eigenvalue weighted by molar-refractivity contribution is 5.81. The fourth-order valence-electron chi connectivity index (χ4n) is 2.61. The normalized spacial score (nSPS) is 15.6. The van der Waals surface area contributed by atoms with Crippen molar-refractivity contribution in [3.8, 4) is 0 Å². The second-order valence-corrected chi connectivity index (χ2v) is 6.17. The van der Waals surface area contributed by atoms with Crippen molar-refractivity contribution >= 4 is 5.91 Å². The van der Waals surface area contributed by atoms with Gasteiger partial charge in [-0.15, -0.1) is 0 Å². The van der Waals surface area contributed by atoms with Crippen LogP contribution in [0.1, 0.15) is 45.1 Å². The number of hydrogen-bond donors (Lipinski definition) is 1. The molecule has 1 saturated carbocycles. The first kappa shape index (κ1) is 16.9. The molecular weight excluding hydrogens is 279 g/mol. The van der Waals surface area contributed by atoms with Crippen LogP contribution in [0.3, 0.4) is 0 Å². The second-order valence-electron chi connectivity index (χ2n) is 6.17. The molecule has 0 aromatic heterocycles. The number of carbonyl (C=O) groups is 1. The molecule has 2 rings (SSSR count). The third-order valence-corrected chi connectivity index (χ3v) is 4.21. The van der Waals surface area contributed by atoms with E-state index < -0.39 is 0 Å². The first-order chi connectivity index (χ1) is 10.6. The quantitative estimate of drug-likeness (QED) is 0.759. The molecule has 0 aliphatic heterocycles. The summed E-state index contributed by atoms with van der Waals surface area (Å²) in [5, 5.41) is 3.44. The van der Waals surface area contributed by atoms with E-state index in [4.69, 9.17) is 0 Å². The lowest BCUT2D eigenvalue weighted by Gasteiger charge is -2.27. The molecule has 1 aliphatic rings. The maximum Gasteiger partial charge on any atom is 0.239 e. The van der Waals surface area contributed by atoms with Gasteiger partial charge in [0, 0.05) is 13.1 Å². The van der Waals surface area contributed by atoms with Crippen LogP contribution >= 0.6 is 0 Å². The number of amides is 1. The molecule has 3 nitrogen and oxygen atoms in total. The molecule has 1 aromatic rings. The molecular formula is C18H27FN2O. The van der Waals surface area contributed by atoms with E-state index in [1.54, 1.807) is 12.1 Å². The Morgan fingerprint density at radius 2 is 2.00 bits per heavy atom. The molecule has 1 amide bonds.